The first kappa shape index (κ1) is 16.7. The van der Waals surface area contributed by atoms with Gasteiger partial charge in [-0.1, -0.05) is 13.3 Å². The number of carbonyl (C=O) groups is 2. The number of hydrogen-bond donors (Lipinski definition) is 3. The summed E-state index contributed by atoms with van der Waals surface area (Å²) in [6, 6.07) is -0.333. The lowest BCUT2D eigenvalue weighted by Gasteiger charge is -2.16. The Hall–Kier alpha value is -1.30. The van der Waals surface area contributed by atoms with E-state index in [4.69, 9.17) is 9.84 Å². The van der Waals surface area contributed by atoms with Gasteiger partial charge in [-0.3, -0.25) is 4.79 Å². The Morgan fingerprint density at radius 3 is 2.50 bits per heavy atom. The van der Waals surface area contributed by atoms with Crippen LogP contribution in [0.3, 0.4) is 0 Å². The monoisotopic (exact) mass is 260 g/mol. The fourth-order valence-corrected chi connectivity index (χ4v) is 1.52. The molecule has 0 heterocycles. The zero-order valence-electron chi connectivity index (χ0n) is 11.4. The van der Waals surface area contributed by atoms with Crippen LogP contribution in [0.15, 0.2) is 0 Å². The minimum absolute atomic E-state index is 0.000553. The lowest BCUT2D eigenvalue weighted by molar-refractivity contribution is -0.141. The quantitative estimate of drug-likeness (QED) is 0.581. The molecule has 0 aliphatic heterocycles. The van der Waals surface area contributed by atoms with Crippen molar-refractivity contribution in [2.45, 2.75) is 39.2 Å². The molecule has 3 N–H and O–H groups in total. The molecule has 0 bridgehead atoms. The molecule has 2 amide bonds. The van der Waals surface area contributed by atoms with Gasteiger partial charge in [-0.2, -0.15) is 0 Å². The summed E-state index contributed by atoms with van der Waals surface area (Å²) in [6.45, 7) is 4.53. The zero-order chi connectivity index (χ0) is 14.0. The summed E-state index contributed by atoms with van der Waals surface area (Å²) < 4.78 is 4.91. The van der Waals surface area contributed by atoms with E-state index in [9.17, 15) is 9.59 Å². The van der Waals surface area contributed by atoms with E-state index < -0.39 is 11.9 Å². The van der Waals surface area contributed by atoms with Gasteiger partial charge in [-0.05, 0) is 19.8 Å². The van der Waals surface area contributed by atoms with Crippen molar-refractivity contribution in [2.75, 3.05) is 20.3 Å². The largest absolute Gasteiger partial charge is 0.481 e. The van der Waals surface area contributed by atoms with Crippen molar-refractivity contribution in [1.29, 1.82) is 0 Å². The maximum absolute atomic E-state index is 11.5. The van der Waals surface area contributed by atoms with Crippen molar-refractivity contribution in [1.82, 2.24) is 10.6 Å². The Bertz CT molecular complexity index is 258. The Morgan fingerprint density at radius 1 is 1.33 bits per heavy atom. The number of urea groups is 1. The van der Waals surface area contributed by atoms with Crippen LogP contribution in [0.1, 0.15) is 33.1 Å². The number of methoxy groups -OCH3 is 1. The highest BCUT2D eigenvalue weighted by Gasteiger charge is 2.17. The lowest BCUT2D eigenvalue weighted by Crippen LogP contribution is -2.43. The number of aliphatic carboxylic acids is 1. The van der Waals surface area contributed by atoms with Crippen LogP contribution < -0.4 is 10.6 Å². The van der Waals surface area contributed by atoms with Crippen LogP contribution in [0.25, 0.3) is 0 Å². The van der Waals surface area contributed by atoms with E-state index in [1.165, 1.54) is 0 Å². The molecule has 0 fully saturated rings. The van der Waals surface area contributed by atoms with Crippen molar-refractivity contribution < 1.29 is 19.4 Å². The average Bonchev–Trinajstić information content (AvgIpc) is 2.31. The van der Waals surface area contributed by atoms with E-state index in [0.29, 0.717) is 13.0 Å². The number of nitrogens with one attached hydrogen (secondary N) is 2. The number of carbonyl (C=O) groups excluding carboxylic acids is 1. The first-order valence-corrected chi connectivity index (χ1v) is 6.27. The van der Waals surface area contributed by atoms with E-state index in [0.717, 1.165) is 12.8 Å². The fourth-order valence-electron chi connectivity index (χ4n) is 1.52. The van der Waals surface area contributed by atoms with Crippen molar-refractivity contribution in [3.63, 3.8) is 0 Å². The van der Waals surface area contributed by atoms with Crippen molar-refractivity contribution in [2.24, 2.45) is 5.92 Å². The first-order chi connectivity index (χ1) is 8.51. The molecule has 0 aromatic carbocycles. The molecule has 0 aliphatic carbocycles. The molecular formula is C12H24N2O4. The number of hydrogen-bond acceptors (Lipinski definition) is 3. The van der Waals surface area contributed by atoms with Crippen LogP contribution in [0, 0.1) is 5.92 Å². The molecule has 6 heteroatoms. The summed E-state index contributed by atoms with van der Waals surface area (Å²) in [6.07, 6.45) is 2.07. The lowest BCUT2D eigenvalue weighted by atomic mass is 10.0. The van der Waals surface area contributed by atoms with E-state index >= 15 is 0 Å². The summed E-state index contributed by atoms with van der Waals surface area (Å²) in [4.78, 5) is 22.4. The Balaban J connectivity index is 3.89. The molecule has 0 rings (SSSR count). The predicted molar refractivity (Wildman–Crippen MR) is 68.5 cm³/mol. The van der Waals surface area contributed by atoms with E-state index in [-0.39, 0.29) is 18.6 Å². The molecule has 2 atom stereocenters. The molecule has 0 aromatic heterocycles. The number of rotatable bonds is 9. The molecule has 0 aliphatic rings. The van der Waals surface area contributed by atoms with Gasteiger partial charge in [0, 0.05) is 26.3 Å². The summed E-state index contributed by atoms with van der Waals surface area (Å²) in [5.41, 5.74) is 0. The van der Waals surface area contributed by atoms with Gasteiger partial charge in [0.2, 0.25) is 0 Å². The Morgan fingerprint density at radius 2 is 2.00 bits per heavy atom. The van der Waals surface area contributed by atoms with E-state index in [1.54, 1.807) is 7.11 Å². The van der Waals surface area contributed by atoms with Gasteiger partial charge in [0.15, 0.2) is 0 Å². The summed E-state index contributed by atoms with van der Waals surface area (Å²) in [7, 11) is 1.61. The van der Waals surface area contributed by atoms with Crippen molar-refractivity contribution >= 4 is 12.0 Å². The highest BCUT2D eigenvalue weighted by atomic mass is 16.5. The normalized spacial score (nSPS) is 13.7. The minimum atomic E-state index is -0.871. The predicted octanol–water partition coefficient (Wildman–Crippen LogP) is 1.21. The number of amides is 2. The molecule has 2 unspecified atom stereocenters. The molecule has 0 spiro atoms. The SMILES string of the molecule is CCCC(CNC(=O)NC(C)CCOC)C(=O)O. The van der Waals surface area contributed by atoms with Crippen LogP contribution in [0.4, 0.5) is 4.79 Å². The molecule has 0 radical (unpaired) electrons. The molecule has 0 aromatic rings. The van der Waals surface area contributed by atoms with Crippen LogP contribution in [-0.2, 0) is 9.53 Å². The molecule has 0 saturated heterocycles. The third-order valence-corrected chi connectivity index (χ3v) is 2.63. The van der Waals surface area contributed by atoms with E-state index in [1.807, 2.05) is 13.8 Å². The fraction of sp³-hybridized carbons (Fsp3) is 0.833. The van der Waals surface area contributed by atoms with Gasteiger partial charge in [0.25, 0.3) is 0 Å². The highest BCUT2D eigenvalue weighted by Crippen LogP contribution is 2.04. The highest BCUT2D eigenvalue weighted by molar-refractivity contribution is 5.76. The molecular weight excluding hydrogens is 236 g/mol. The zero-order valence-corrected chi connectivity index (χ0v) is 11.4. The number of carboxylic acid groups (broad SMARTS) is 1. The second kappa shape index (κ2) is 9.70. The van der Waals surface area contributed by atoms with Gasteiger partial charge in [0.1, 0.15) is 0 Å². The maximum atomic E-state index is 11.5. The Labute approximate surface area is 108 Å². The molecule has 6 nitrogen and oxygen atoms in total. The van der Waals surface area contributed by atoms with Gasteiger partial charge in [-0.15, -0.1) is 0 Å². The molecule has 106 valence electrons. The molecule has 0 saturated carbocycles. The molecule has 18 heavy (non-hydrogen) atoms. The first-order valence-electron chi connectivity index (χ1n) is 6.27. The smallest absolute Gasteiger partial charge is 0.315 e. The maximum Gasteiger partial charge on any atom is 0.315 e. The third kappa shape index (κ3) is 7.89. The second-order valence-electron chi connectivity index (χ2n) is 4.36. The van der Waals surface area contributed by atoms with Gasteiger partial charge < -0.3 is 20.5 Å². The second-order valence-corrected chi connectivity index (χ2v) is 4.36. The topological polar surface area (TPSA) is 87.7 Å². The van der Waals surface area contributed by atoms with Crippen molar-refractivity contribution in [3.05, 3.63) is 0 Å². The van der Waals surface area contributed by atoms with Gasteiger partial charge in [-0.25, -0.2) is 4.79 Å². The third-order valence-electron chi connectivity index (χ3n) is 2.63. The number of carboxylic acids is 1. The van der Waals surface area contributed by atoms with Crippen LogP contribution >= 0.6 is 0 Å². The van der Waals surface area contributed by atoms with Gasteiger partial charge in [0.05, 0.1) is 5.92 Å². The summed E-state index contributed by atoms with van der Waals surface area (Å²) in [5.74, 6) is -1.39. The summed E-state index contributed by atoms with van der Waals surface area (Å²) >= 11 is 0. The number of ether oxygens (including phenoxy) is 1. The summed E-state index contributed by atoms with van der Waals surface area (Å²) in [5, 5.41) is 14.2. The average molecular weight is 260 g/mol. The minimum Gasteiger partial charge on any atom is -0.481 e. The van der Waals surface area contributed by atoms with E-state index in [2.05, 4.69) is 10.6 Å². The van der Waals surface area contributed by atoms with Crippen molar-refractivity contribution in [3.8, 4) is 0 Å². The Kier molecular flexibility index (Phi) is 9.00. The van der Waals surface area contributed by atoms with Crippen LogP contribution in [0.2, 0.25) is 0 Å². The van der Waals surface area contributed by atoms with Gasteiger partial charge >= 0.3 is 12.0 Å². The van der Waals surface area contributed by atoms with Crippen LogP contribution in [-0.4, -0.2) is 43.4 Å². The van der Waals surface area contributed by atoms with Crippen LogP contribution in [0.5, 0.6) is 0 Å². The standard InChI is InChI=1S/C12H24N2O4/c1-4-5-10(11(15)16)8-13-12(17)14-9(2)6-7-18-3/h9-10H,4-8H2,1-3H3,(H,15,16)(H2,13,14,17).